The molecule has 0 fully saturated rings. The molecule has 4 nitrogen and oxygen atoms in total. The third kappa shape index (κ3) is 4.30. The van der Waals surface area contributed by atoms with Gasteiger partial charge in [-0.3, -0.25) is 0 Å². The summed E-state index contributed by atoms with van der Waals surface area (Å²) in [6.45, 7) is 3.26. The highest BCUT2D eigenvalue weighted by Gasteiger charge is 2.21. The zero-order valence-corrected chi connectivity index (χ0v) is 12.2. The van der Waals surface area contributed by atoms with E-state index in [1.807, 2.05) is 19.1 Å². The maximum absolute atomic E-state index is 11.2. The maximum atomic E-state index is 11.2. The first-order valence-corrected chi connectivity index (χ1v) is 8.62. The number of ether oxygens (including phenoxy) is 1. The van der Waals surface area contributed by atoms with Gasteiger partial charge in [-0.05, 0) is 24.5 Å². The lowest BCUT2D eigenvalue weighted by Gasteiger charge is -2.27. The van der Waals surface area contributed by atoms with Gasteiger partial charge >= 0.3 is 0 Å². The summed E-state index contributed by atoms with van der Waals surface area (Å²) in [5.41, 5.74) is 2.55. The SMILES string of the molecule is CC(CS(C)(=O)=O)NCC1OCCc2ccccc21. The van der Waals surface area contributed by atoms with Crippen LogP contribution in [-0.4, -0.2) is 39.6 Å². The second-order valence-electron chi connectivity index (χ2n) is 5.21. The first kappa shape index (κ1) is 14.5. The Balaban J connectivity index is 1.94. The molecule has 0 aromatic heterocycles. The van der Waals surface area contributed by atoms with Crippen molar-refractivity contribution < 1.29 is 13.2 Å². The van der Waals surface area contributed by atoms with Gasteiger partial charge in [0.15, 0.2) is 0 Å². The van der Waals surface area contributed by atoms with Crippen molar-refractivity contribution in [1.29, 1.82) is 0 Å². The third-order valence-electron chi connectivity index (χ3n) is 3.30. The van der Waals surface area contributed by atoms with Crippen LogP contribution in [0, 0.1) is 0 Å². The summed E-state index contributed by atoms with van der Waals surface area (Å²) in [6, 6.07) is 8.21. The Morgan fingerprint density at radius 1 is 1.42 bits per heavy atom. The smallest absolute Gasteiger partial charge is 0.148 e. The minimum absolute atomic E-state index is 0.0203. The summed E-state index contributed by atoms with van der Waals surface area (Å²) in [5.74, 6) is 0.154. The summed E-state index contributed by atoms with van der Waals surface area (Å²) >= 11 is 0. The molecule has 1 aromatic carbocycles. The van der Waals surface area contributed by atoms with Crippen LogP contribution < -0.4 is 5.32 Å². The van der Waals surface area contributed by atoms with E-state index in [1.165, 1.54) is 17.4 Å². The second kappa shape index (κ2) is 6.03. The number of fused-ring (bicyclic) bond motifs is 1. The van der Waals surface area contributed by atoms with Gasteiger partial charge in [0.25, 0.3) is 0 Å². The molecule has 0 saturated heterocycles. The van der Waals surface area contributed by atoms with E-state index >= 15 is 0 Å². The fraction of sp³-hybridized carbons (Fsp3) is 0.571. The molecule has 1 heterocycles. The first-order valence-electron chi connectivity index (χ1n) is 6.56. The molecule has 0 aliphatic carbocycles. The molecule has 5 heteroatoms. The van der Waals surface area contributed by atoms with E-state index in [9.17, 15) is 8.42 Å². The normalized spacial score (nSPS) is 20.8. The molecule has 0 bridgehead atoms. The molecule has 19 heavy (non-hydrogen) atoms. The predicted molar refractivity (Wildman–Crippen MR) is 76.0 cm³/mol. The molecule has 0 amide bonds. The van der Waals surface area contributed by atoms with E-state index in [4.69, 9.17) is 4.74 Å². The highest BCUT2D eigenvalue weighted by Crippen LogP contribution is 2.26. The van der Waals surface area contributed by atoms with E-state index in [1.54, 1.807) is 0 Å². The lowest BCUT2D eigenvalue weighted by molar-refractivity contribution is 0.0414. The number of benzene rings is 1. The average molecular weight is 283 g/mol. The Morgan fingerprint density at radius 3 is 2.89 bits per heavy atom. The summed E-state index contributed by atoms with van der Waals surface area (Å²) in [6.07, 6.45) is 2.23. The van der Waals surface area contributed by atoms with Crippen molar-refractivity contribution in [2.75, 3.05) is 25.2 Å². The van der Waals surface area contributed by atoms with Crippen LogP contribution in [0.2, 0.25) is 0 Å². The van der Waals surface area contributed by atoms with Gasteiger partial charge in [0, 0.05) is 18.8 Å². The van der Waals surface area contributed by atoms with Crippen LogP contribution in [0.15, 0.2) is 24.3 Å². The maximum Gasteiger partial charge on any atom is 0.148 e. The molecule has 2 rings (SSSR count). The van der Waals surface area contributed by atoms with Crippen LogP contribution in [0.1, 0.15) is 24.2 Å². The molecule has 2 atom stereocenters. The monoisotopic (exact) mass is 283 g/mol. The highest BCUT2D eigenvalue weighted by molar-refractivity contribution is 7.90. The van der Waals surface area contributed by atoms with Crippen LogP contribution in [0.25, 0.3) is 0 Å². The Kier molecular flexibility index (Phi) is 4.60. The van der Waals surface area contributed by atoms with Crippen LogP contribution in [0.5, 0.6) is 0 Å². The molecule has 106 valence electrons. The molecule has 0 spiro atoms. The molecule has 0 saturated carbocycles. The number of rotatable bonds is 5. The van der Waals surface area contributed by atoms with Crippen molar-refractivity contribution in [3.63, 3.8) is 0 Å². The van der Waals surface area contributed by atoms with Crippen molar-refractivity contribution in [3.05, 3.63) is 35.4 Å². The predicted octanol–water partition coefficient (Wildman–Crippen LogP) is 1.32. The van der Waals surface area contributed by atoms with Gasteiger partial charge in [-0.25, -0.2) is 8.42 Å². The van der Waals surface area contributed by atoms with Gasteiger partial charge in [0.2, 0.25) is 0 Å². The van der Waals surface area contributed by atoms with Crippen molar-refractivity contribution >= 4 is 9.84 Å². The van der Waals surface area contributed by atoms with Gasteiger partial charge in [0.05, 0.1) is 18.5 Å². The fourth-order valence-corrected chi connectivity index (χ4v) is 3.49. The molecule has 0 radical (unpaired) electrons. The van der Waals surface area contributed by atoms with E-state index in [-0.39, 0.29) is 17.9 Å². The summed E-state index contributed by atoms with van der Waals surface area (Å²) in [4.78, 5) is 0. The van der Waals surface area contributed by atoms with E-state index < -0.39 is 9.84 Å². The quantitative estimate of drug-likeness (QED) is 0.885. The second-order valence-corrected chi connectivity index (χ2v) is 7.39. The van der Waals surface area contributed by atoms with Crippen molar-refractivity contribution in [2.45, 2.75) is 25.5 Å². The van der Waals surface area contributed by atoms with Gasteiger partial charge < -0.3 is 10.1 Å². The summed E-state index contributed by atoms with van der Waals surface area (Å²) < 4.78 is 28.2. The lowest BCUT2D eigenvalue weighted by Crippen LogP contribution is -2.37. The minimum Gasteiger partial charge on any atom is -0.372 e. The van der Waals surface area contributed by atoms with Gasteiger partial charge in [0.1, 0.15) is 9.84 Å². The van der Waals surface area contributed by atoms with Crippen LogP contribution in [0.3, 0.4) is 0 Å². The fourth-order valence-electron chi connectivity index (χ4n) is 2.47. The third-order valence-corrected chi connectivity index (χ3v) is 4.40. The van der Waals surface area contributed by atoms with Crippen LogP contribution >= 0.6 is 0 Å². The standard InChI is InChI=1S/C14H21NO3S/c1-11(10-19(2,16)17)15-9-14-13-6-4-3-5-12(13)7-8-18-14/h3-6,11,14-15H,7-10H2,1-2H3. The van der Waals surface area contributed by atoms with E-state index in [2.05, 4.69) is 17.4 Å². The number of hydrogen-bond acceptors (Lipinski definition) is 4. The largest absolute Gasteiger partial charge is 0.372 e. The Hall–Kier alpha value is -0.910. The Morgan fingerprint density at radius 2 is 2.16 bits per heavy atom. The molecular weight excluding hydrogens is 262 g/mol. The van der Waals surface area contributed by atoms with Gasteiger partial charge in [-0.2, -0.15) is 0 Å². The molecule has 1 N–H and O–H groups in total. The van der Waals surface area contributed by atoms with E-state index in [0.717, 1.165) is 13.0 Å². The molecule has 1 aromatic rings. The summed E-state index contributed by atoms with van der Waals surface area (Å²) in [5, 5.41) is 3.25. The van der Waals surface area contributed by atoms with Crippen LogP contribution in [-0.2, 0) is 21.0 Å². The van der Waals surface area contributed by atoms with Crippen LogP contribution in [0.4, 0.5) is 0 Å². The average Bonchev–Trinajstić information content (AvgIpc) is 2.34. The van der Waals surface area contributed by atoms with Gasteiger partial charge in [-0.15, -0.1) is 0 Å². The zero-order valence-electron chi connectivity index (χ0n) is 11.4. The van der Waals surface area contributed by atoms with Gasteiger partial charge in [-0.1, -0.05) is 24.3 Å². The molecule has 1 aliphatic rings. The molecular formula is C14H21NO3S. The Bertz CT molecular complexity index is 527. The molecule has 2 unspecified atom stereocenters. The summed E-state index contributed by atoms with van der Waals surface area (Å²) in [7, 11) is -2.94. The number of nitrogens with one attached hydrogen (secondary N) is 1. The number of sulfone groups is 1. The minimum atomic E-state index is -2.94. The van der Waals surface area contributed by atoms with Crippen molar-refractivity contribution in [3.8, 4) is 0 Å². The zero-order chi connectivity index (χ0) is 13.9. The van der Waals surface area contributed by atoms with Crippen molar-refractivity contribution in [2.24, 2.45) is 0 Å². The van der Waals surface area contributed by atoms with E-state index in [0.29, 0.717) is 6.54 Å². The number of hydrogen-bond donors (Lipinski definition) is 1. The molecule has 1 aliphatic heterocycles. The lowest BCUT2D eigenvalue weighted by atomic mass is 9.97. The van der Waals surface area contributed by atoms with Crippen molar-refractivity contribution in [1.82, 2.24) is 5.32 Å². The highest BCUT2D eigenvalue weighted by atomic mass is 32.2. The Labute approximate surface area is 115 Å². The topological polar surface area (TPSA) is 55.4 Å². The first-order chi connectivity index (χ1) is 8.96.